The van der Waals surface area contributed by atoms with E-state index >= 15 is 0 Å². The molecule has 1 heterocycles. The molecular weight excluding hydrogens is 492 g/mol. The van der Waals surface area contributed by atoms with Crippen LogP contribution < -0.4 is 10.2 Å². The summed E-state index contributed by atoms with van der Waals surface area (Å²) in [7, 11) is 0. The van der Waals surface area contributed by atoms with Gasteiger partial charge in [0.2, 0.25) is 11.8 Å². The molecule has 2 saturated carbocycles. The summed E-state index contributed by atoms with van der Waals surface area (Å²) in [6.07, 6.45) is 5.47. The lowest BCUT2D eigenvalue weighted by Crippen LogP contribution is -2.40. The van der Waals surface area contributed by atoms with Gasteiger partial charge in [-0.25, -0.2) is 0 Å². The lowest BCUT2D eigenvalue weighted by molar-refractivity contribution is -0.124. The van der Waals surface area contributed by atoms with Gasteiger partial charge in [-0.15, -0.1) is 0 Å². The molecule has 1 N–H and O–H groups in total. The normalized spacial score (nSPS) is 31.5. The molecule has 1 saturated heterocycles. The van der Waals surface area contributed by atoms with Crippen LogP contribution in [-0.2, 0) is 9.59 Å². The minimum atomic E-state index is -0.284. The maximum Gasteiger partial charge on any atom is 0.255 e. The average molecular weight is 512 g/mol. The zero-order valence-electron chi connectivity index (χ0n) is 17.2. The lowest BCUT2D eigenvalue weighted by Gasteiger charge is -2.37. The number of carbonyl (C=O) groups excluding carboxylic acids is 3. The van der Waals surface area contributed by atoms with Crippen molar-refractivity contribution in [2.45, 2.75) is 13.3 Å². The summed E-state index contributed by atoms with van der Waals surface area (Å²) < 4.78 is 0.764. The molecule has 2 aromatic carbocycles. The number of imide groups is 1. The fraction of sp³-hybridized carbons (Fsp3) is 0.320. The largest absolute Gasteiger partial charge is 0.322 e. The molecule has 3 amide bonds. The van der Waals surface area contributed by atoms with Crippen LogP contribution in [0.25, 0.3) is 0 Å². The molecule has 5 aliphatic rings. The van der Waals surface area contributed by atoms with Crippen LogP contribution in [0.15, 0.2) is 53.0 Å². The molecule has 0 radical (unpaired) electrons. The second kappa shape index (κ2) is 7.03. The van der Waals surface area contributed by atoms with Crippen molar-refractivity contribution in [3.8, 4) is 0 Å². The molecule has 3 fully saturated rings. The Morgan fingerprint density at radius 1 is 1.03 bits per heavy atom. The van der Waals surface area contributed by atoms with E-state index < -0.39 is 0 Å². The van der Waals surface area contributed by atoms with Crippen molar-refractivity contribution in [3.63, 3.8) is 0 Å². The van der Waals surface area contributed by atoms with E-state index in [1.807, 2.05) is 13.0 Å². The minimum absolute atomic E-state index is 0.0953. The van der Waals surface area contributed by atoms with Crippen LogP contribution in [0.4, 0.5) is 11.4 Å². The van der Waals surface area contributed by atoms with E-state index in [-0.39, 0.29) is 41.4 Å². The minimum Gasteiger partial charge on any atom is -0.322 e. The van der Waals surface area contributed by atoms with E-state index in [9.17, 15) is 14.4 Å². The van der Waals surface area contributed by atoms with E-state index in [0.29, 0.717) is 33.8 Å². The van der Waals surface area contributed by atoms with Gasteiger partial charge in [0.05, 0.1) is 22.5 Å². The van der Waals surface area contributed by atoms with Crippen LogP contribution in [-0.4, -0.2) is 17.7 Å². The summed E-state index contributed by atoms with van der Waals surface area (Å²) in [5.74, 6) is 0.611. The topological polar surface area (TPSA) is 66.5 Å². The van der Waals surface area contributed by atoms with Gasteiger partial charge in [-0.3, -0.25) is 19.3 Å². The summed E-state index contributed by atoms with van der Waals surface area (Å²) in [5, 5.41) is 3.38. The summed E-state index contributed by atoms with van der Waals surface area (Å²) >= 11 is 9.52. The molecule has 1 aliphatic heterocycles. The Kier molecular flexibility index (Phi) is 4.43. The van der Waals surface area contributed by atoms with Crippen molar-refractivity contribution < 1.29 is 14.4 Å². The average Bonchev–Trinajstić information content (AvgIpc) is 3.55. The number of anilines is 2. The molecule has 6 atom stereocenters. The zero-order chi connectivity index (χ0) is 22.3. The first kappa shape index (κ1) is 20.2. The predicted octanol–water partition coefficient (Wildman–Crippen LogP) is 5.22. The number of carbonyl (C=O) groups is 3. The highest BCUT2D eigenvalue weighted by atomic mass is 79.9. The second-order valence-electron chi connectivity index (χ2n) is 9.25. The van der Waals surface area contributed by atoms with E-state index in [1.54, 1.807) is 30.3 Å². The highest BCUT2D eigenvalue weighted by Crippen LogP contribution is 2.65. The SMILES string of the molecule is Cc1cc(Br)c(Cl)cc1NC(=O)c1ccc(N2C(=O)[C@@H]3[C@H]4C=C[C@@H]([C@@H]5C[C@H]45)[C@@H]3C2=O)cc1. The van der Waals surface area contributed by atoms with Crippen LogP contribution in [0.1, 0.15) is 22.3 Å². The maximum absolute atomic E-state index is 13.2. The van der Waals surface area contributed by atoms with Gasteiger partial charge in [-0.1, -0.05) is 23.8 Å². The smallest absolute Gasteiger partial charge is 0.255 e. The molecule has 5 nitrogen and oxygen atoms in total. The standard InChI is InChI=1S/C25H20BrClN2O3/c1-11-8-18(26)19(27)10-20(11)28-23(30)12-2-4-13(5-3-12)29-24(31)21-14-6-7-15(17-9-16(14)17)22(21)25(29)32/h2-8,10,14-17,21-22H,9H2,1H3,(H,28,30)/t14-,15-,16-,17+,21-,22+/m0/s1. The van der Waals surface area contributed by atoms with Crippen LogP contribution >= 0.6 is 27.5 Å². The maximum atomic E-state index is 13.2. The van der Waals surface area contributed by atoms with Crippen molar-refractivity contribution in [2.75, 3.05) is 10.2 Å². The number of nitrogens with zero attached hydrogens (tertiary/aromatic N) is 1. The van der Waals surface area contributed by atoms with Gasteiger partial charge in [0.1, 0.15) is 0 Å². The Labute approximate surface area is 198 Å². The Hall–Kier alpha value is -2.44. The number of hydrogen-bond donors (Lipinski definition) is 1. The number of rotatable bonds is 3. The molecule has 7 heteroatoms. The van der Waals surface area contributed by atoms with Gasteiger partial charge >= 0.3 is 0 Å². The molecule has 0 spiro atoms. The lowest BCUT2D eigenvalue weighted by atomic mass is 9.63. The number of amides is 3. The number of aryl methyl sites for hydroxylation is 1. The molecule has 0 unspecified atom stereocenters. The number of halogens is 2. The summed E-state index contributed by atoms with van der Waals surface area (Å²) in [6, 6.07) is 10.2. The van der Waals surface area contributed by atoms with Crippen LogP contribution in [0.2, 0.25) is 5.02 Å². The Bertz CT molecular complexity index is 1190. The molecule has 0 aromatic heterocycles. The number of nitrogens with one attached hydrogen (secondary N) is 1. The molecule has 162 valence electrons. The number of hydrogen-bond acceptors (Lipinski definition) is 3. The molecule has 2 bridgehead atoms. The Balaban J connectivity index is 1.23. The predicted molar refractivity (Wildman–Crippen MR) is 125 cm³/mol. The first-order valence-corrected chi connectivity index (χ1v) is 12.0. The molecule has 2 aromatic rings. The molecule has 7 rings (SSSR count). The van der Waals surface area contributed by atoms with Gasteiger partial charge in [-0.05, 0) is 94.9 Å². The van der Waals surface area contributed by atoms with Crippen LogP contribution in [0.5, 0.6) is 0 Å². The van der Waals surface area contributed by atoms with Crippen molar-refractivity contribution in [3.05, 3.63) is 69.2 Å². The van der Waals surface area contributed by atoms with E-state index in [1.165, 1.54) is 4.90 Å². The van der Waals surface area contributed by atoms with Gasteiger partial charge in [-0.2, -0.15) is 0 Å². The zero-order valence-corrected chi connectivity index (χ0v) is 19.6. The third-order valence-electron chi connectivity index (χ3n) is 7.57. The van der Waals surface area contributed by atoms with Crippen molar-refractivity contribution in [1.29, 1.82) is 0 Å². The van der Waals surface area contributed by atoms with Gasteiger partial charge in [0, 0.05) is 15.7 Å². The summed E-state index contributed by atoms with van der Waals surface area (Å²) in [5.41, 5.74) is 2.47. The van der Waals surface area contributed by atoms with Crippen molar-refractivity contribution >= 4 is 56.6 Å². The molecular formula is C25H20BrClN2O3. The van der Waals surface area contributed by atoms with Gasteiger partial charge in [0.15, 0.2) is 0 Å². The summed E-state index contributed by atoms with van der Waals surface area (Å²) in [6.45, 7) is 1.88. The number of allylic oxidation sites excluding steroid dienone is 2. The van der Waals surface area contributed by atoms with E-state index in [0.717, 1.165) is 16.5 Å². The quantitative estimate of drug-likeness (QED) is 0.454. The van der Waals surface area contributed by atoms with E-state index in [4.69, 9.17) is 11.6 Å². The van der Waals surface area contributed by atoms with Gasteiger partial charge < -0.3 is 5.32 Å². The monoisotopic (exact) mass is 510 g/mol. The Morgan fingerprint density at radius 2 is 1.62 bits per heavy atom. The van der Waals surface area contributed by atoms with E-state index in [2.05, 4.69) is 33.4 Å². The third kappa shape index (κ3) is 2.85. The summed E-state index contributed by atoms with van der Waals surface area (Å²) in [4.78, 5) is 40.6. The molecule has 32 heavy (non-hydrogen) atoms. The molecule has 4 aliphatic carbocycles. The third-order valence-corrected chi connectivity index (χ3v) is 8.76. The fourth-order valence-electron chi connectivity index (χ4n) is 5.95. The van der Waals surface area contributed by atoms with Crippen molar-refractivity contribution in [2.24, 2.45) is 35.5 Å². The second-order valence-corrected chi connectivity index (χ2v) is 10.5. The highest BCUT2D eigenvalue weighted by molar-refractivity contribution is 9.10. The first-order valence-electron chi connectivity index (χ1n) is 10.8. The first-order chi connectivity index (χ1) is 15.3. The fourth-order valence-corrected chi connectivity index (χ4v) is 6.57. The van der Waals surface area contributed by atoms with Gasteiger partial charge in [0.25, 0.3) is 5.91 Å². The number of benzene rings is 2. The van der Waals surface area contributed by atoms with Crippen LogP contribution in [0.3, 0.4) is 0 Å². The highest BCUT2D eigenvalue weighted by Gasteiger charge is 2.67. The van der Waals surface area contributed by atoms with Crippen LogP contribution in [0, 0.1) is 42.4 Å². The van der Waals surface area contributed by atoms with Crippen molar-refractivity contribution in [1.82, 2.24) is 0 Å². The Morgan fingerprint density at radius 3 is 2.22 bits per heavy atom.